The topological polar surface area (TPSA) is 92.1 Å². The summed E-state index contributed by atoms with van der Waals surface area (Å²) in [7, 11) is 0. The van der Waals surface area contributed by atoms with E-state index in [4.69, 9.17) is 8.83 Å². The van der Waals surface area contributed by atoms with Crippen LogP contribution in [0.3, 0.4) is 0 Å². The van der Waals surface area contributed by atoms with Crippen LogP contribution in [-0.4, -0.2) is 11.0 Å². The Morgan fingerprint density at radius 2 is 1.89 bits per heavy atom. The molecule has 1 aliphatic rings. The van der Waals surface area contributed by atoms with Gasteiger partial charge in [0.05, 0.1) is 10.9 Å². The maximum absolute atomic E-state index is 12.7. The summed E-state index contributed by atoms with van der Waals surface area (Å²) in [6.45, 7) is 0. The summed E-state index contributed by atoms with van der Waals surface area (Å²) in [4.78, 5) is 17.0. The van der Waals surface area contributed by atoms with Gasteiger partial charge < -0.3 is 14.2 Å². The van der Waals surface area contributed by atoms with Crippen LogP contribution in [0.2, 0.25) is 0 Å². The number of nitrogens with one attached hydrogen (secondary N) is 1. The molecule has 2 aromatic carbocycles. The quantitative estimate of drug-likeness (QED) is 0.567. The summed E-state index contributed by atoms with van der Waals surface area (Å²) >= 11 is 0. The van der Waals surface area contributed by atoms with Crippen LogP contribution in [-0.2, 0) is 0 Å². The Morgan fingerprint density at radius 3 is 2.64 bits per heavy atom. The number of para-hydroxylation sites is 1. The van der Waals surface area contributed by atoms with Gasteiger partial charge in [0.2, 0.25) is 17.5 Å². The molecule has 5 rings (SSSR count). The van der Waals surface area contributed by atoms with Crippen LogP contribution in [0.15, 0.2) is 68.2 Å². The fraction of sp³-hybridized carbons (Fsp3) is 0.136. The van der Waals surface area contributed by atoms with Gasteiger partial charge in [-0.3, -0.25) is 4.79 Å². The first kappa shape index (κ1) is 16.3. The second-order valence-corrected chi connectivity index (χ2v) is 6.75. The van der Waals surface area contributed by atoms with E-state index in [1.807, 2.05) is 30.3 Å². The van der Waals surface area contributed by atoms with Gasteiger partial charge in [0, 0.05) is 17.7 Å². The Bertz CT molecular complexity index is 1280. The van der Waals surface area contributed by atoms with Gasteiger partial charge in [0.15, 0.2) is 11.0 Å². The van der Waals surface area contributed by atoms with Gasteiger partial charge in [0.1, 0.15) is 11.8 Å². The van der Waals surface area contributed by atoms with E-state index in [9.17, 15) is 10.1 Å². The van der Waals surface area contributed by atoms with Gasteiger partial charge in [0.25, 0.3) is 0 Å². The third-order valence-electron chi connectivity index (χ3n) is 4.69. The molecule has 0 bridgehead atoms. The van der Waals surface area contributed by atoms with Crippen molar-refractivity contribution in [1.29, 1.82) is 5.26 Å². The van der Waals surface area contributed by atoms with Crippen molar-refractivity contribution in [2.24, 2.45) is 0 Å². The molecule has 0 atom stereocenters. The fourth-order valence-electron chi connectivity index (χ4n) is 3.11. The first-order chi connectivity index (χ1) is 13.7. The van der Waals surface area contributed by atoms with Gasteiger partial charge in [-0.05, 0) is 25.0 Å². The highest BCUT2D eigenvalue weighted by Gasteiger charge is 2.26. The van der Waals surface area contributed by atoms with Crippen molar-refractivity contribution >= 4 is 16.9 Å². The molecule has 28 heavy (non-hydrogen) atoms. The summed E-state index contributed by atoms with van der Waals surface area (Å²) in [5.41, 5.74) is 1.77. The Labute approximate surface area is 160 Å². The molecule has 136 valence electrons. The van der Waals surface area contributed by atoms with E-state index >= 15 is 0 Å². The van der Waals surface area contributed by atoms with E-state index in [0.29, 0.717) is 34.2 Å². The minimum Gasteiger partial charge on any atom is -0.455 e. The highest BCUT2D eigenvalue weighted by molar-refractivity contribution is 5.91. The third kappa shape index (κ3) is 2.83. The largest absolute Gasteiger partial charge is 0.455 e. The van der Waals surface area contributed by atoms with Crippen molar-refractivity contribution in [1.82, 2.24) is 4.98 Å². The lowest BCUT2D eigenvalue weighted by Crippen LogP contribution is -2.01. The smallest absolute Gasteiger partial charge is 0.233 e. The zero-order chi connectivity index (χ0) is 19.1. The van der Waals surface area contributed by atoms with Crippen molar-refractivity contribution in [3.05, 3.63) is 70.5 Å². The van der Waals surface area contributed by atoms with Crippen molar-refractivity contribution in [3.63, 3.8) is 0 Å². The number of aromatic nitrogens is 1. The maximum atomic E-state index is 12.7. The van der Waals surface area contributed by atoms with Gasteiger partial charge in [-0.15, -0.1) is 0 Å². The molecule has 0 radical (unpaired) electrons. The molecule has 1 saturated carbocycles. The summed E-state index contributed by atoms with van der Waals surface area (Å²) in [6, 6.07) is 18.5. The molecular weight excluding hydrogens is 354 g/mol. The molecule has 0 amide bonds. The number of nitrogens with zero attached hydrogens (tertiary/aromatic N) is 2. The van der Waals surface area contributed by atoms with Gasteiger partial charge in [-0.2, -0.15) is 10.2 Å². The predicted octanol–water partition coefficient (Wildman–Crippen LogP) is 4.56. The summed E-state index contributed by atoms with van der Waals surface area (Å²) in [5, 5.41) is 13.0. The Balaban J connectivity index is 1.70. The Morgan fingerprint density at radius 1 is 1.07 bits per heavy atom. The number of hydrogen-bond donors (Lipinski definition) is 1. The molecule has 4 aromatic rings. The molecule has 0 spiro atoms. The van der Waals surface area contributed by atoms with E-state index in [1.54, 1.807) is 18.2 Å². The summed E-state index contributed by atoms with van der Waals surface area (Å²) in [5.74, 6) is 1.08. The average molecular weight is 369 g/mol. The molecule has 6 heteroatoms. The van der Waals surface area contributed by atoms with E-state index in [2.05, 4.69) is 16.4 Å². The zero-order valence-electron chi connectivity index (χ0n) is 14.8. The summed E-state index contributed by atoms with van der Waals surface area (Å²) in [6.07, 6.45) is 2.09. The van der Waals surface area contributed by atoms with Gasteiger partial charge >= 0.3 is 0 Å². The van der Waals surface area contributed by atoms with Crippen molar-refractivity contribution in [3.8, 4) is 28.8 Å². The molecule has 1 aliphatic carbocycles. The van der Waals surface area contributed by atoms with Crippen LogP contribution in [0.1, 0.15) is 18.5 Å². The lowest BCUT2D eigenvalue weighted by Gasteiger charge is -2.06. The van der Waals surface area contributed by atoms with Crippen molar-refractivity contribution in [2.75, 3.05) is 5.32 Å². The Hall–Kier alpha value is -3.85. The Kier molecular flexibility index (Phi) is 3.73. The van der Waals surface area contributed by atoms with Gasteiger partial charge in [-0.25, -0.2) is 0 Å². The SMILES string of the molecule is N#Cc1nc(-c2cccc3c(=O)cc(-c4ccccc4)oc23)oc1NC1CC1. The number of fused-ring (bicyclic) bond motifs is 1. The number of benzene rings is 2. The molecule has 0 aliphatic heterocycles. The minimum absolute atomic E-state index is 0.148. The molecule has 1 N–H and O–H groups in total. The second kappa shape index (κ2) is 6.39. The fourth-order valence-corrected chi connectivity index (χ4v) is 3.11. The number of hydrogen-bond acceptors (Lipinski definition) is 6. The van der Waals surface area contributed by atoms with Crippen LogP contribution in [0.4, 0.5) is 5.88 Å². The van der Waals surface area contributed by atoms with Crippen LogP contribution in [0.25, 0.3) is 33.7 Å². The molecule has 0 saturated heterocycles. The van der Waals surface area contributed by atoms with E-state index < -0.39 is 0 Å². The maximum Gasteiger partial charge on any atom is 0.233 e. The van der Waals surface area contributed by atoms with E-state index in [1.165, 1.54) is 6.07 Å². The van der Waals surface area contributed by atoms with Crippen LogP contribution in [0.5, 0.6) is 0 Å². The molecule has 1 fully saturated rings. The first-order valence-electron chi connectivity index (χ1n) is 9.03. The van der Waals surface area contributed by atoms with Crippen LogP contribution in [0, 0.1) is 11.3 Å². The highest BCUT2D eigenvalue weighted by atomic mass is 16.4. The van der Waals surface area contributed by atoms with Crippen molar-refractivity contribution < 1.29 is 8.83 Å². The minimum atomic E-state index is -0.148. The van der Waals surface area contributed by atoms with E-state index in [-0.39, 0.29) is 17.0 Å². The average Bonchev–Trinajstić information content (AvgIpc) is 3.45. The summed E-state index contributed by atoms with van der Waals surface area (Å²) < 4.78 is 11.9. The molecule has 2 aromatic heterocycles. The zero-order valence-corrected chi connectivity index (χ0v) is 14.8. The van der Waals surface area contributed by atoms with Crippen LogP contribution >= 0.6 is 0 Å². The molecule has 2 heterocycles. The highest BCUT2D eigenvalue weighted by Crippen LogP contribution is 2.34. The van der Waals surface area contributed by atoms with Crippen molar-refractivity contribution in [2.45, 2.75) is 18.9 Å². The third-order valence-corrected chi connectivity index (χ3v) is 4.69. The normalized spacial score (nSPS) is 13.4. The monoisotopic (exact) mass is 369 g/mol. The first-order valence-corrected chi connectivity index (χ1v) is 9.03. The molecular formula is C22H15N3O3. The van der Waals surface area contributed by atoms with Gasteiger partial charge in [-0.1, -0.05) is 36.4 Å². The lowest BCUT2D eigenvalue weighted by atomic mass is 10.1. The lowest BCUT2D eigenvalue weighted by molar-refractivity contribution is 0.579. The van der Waals surface area contributed by atoms with E-state index in [0.717, 1.165) is 18.4 Å². The van der Waals surface area contributed by atoms with Crippen LogP contribution < -0.4 is 10.7 Å². The number of oxazole rings is 1. The number of nitriles is 1. The molecule has 0 unspecified atom stereocenters. The molecule has 6 nitrogen and oxygen atoms in total. The second-order valence-electron chi connectivity index (χ2n) is 6.75. The number of rotatable bonds is 4. The number of anilines is 1. The standard InChI is InChI=1S/C22H15N3O3/c23-12-17-22(24-14-9-10-14)28-21(25-17)16-8-4-7-15-18(26)11-19(27-20(15)16)13-5-2-1-3-6-13/h1-8,11,14,24H,9-10H2. The predicted molar refractivity (Wildman–Crippen MR) is 105 cm³/mol.